The third kappa shape index (κ3) is 6.24. The average Bonchev–Trinajstić information content (AvgIpc) is 2.69. The Bertz CT molecular complexity index is 908. The van der Waals surface area contributed by atoms with Gasteiger partial charge in [0, 0.05) is 5.69 Å². The van der Waals surface area contributed by atoms with Crippen LogP contribution in [0.15, 0.2) is 84.0 Å². The van der Waals surface area contributed by atoms with E-state index in [1.54, 1.807) is 6.21 Å². The molecule has 0 saturated heterocycles. The lowest BCUT2D eigenvalue weighted by molar-refractivity contribution is 0.306. The van der Waals surface area contributed by atoms with E-state index in [2.05, 4.69) is 47.0 Å². The highest BCUT2D eigenvalue weighted by molar-refractivity contribution is 7.80. The van der Waals surface area contributed by atoms with Gasteiger partial charge in [0.2, 0.25) is 0 Å². The van der Waals surface area contributed by atoms with Crippen molar-refractivity contribution in [3.63, 3.8) is 0 Å². The first-order chi connectivity index (χ1) is 13.2. The predicted octanol–water partition coefficient (Wildman–Crippen LogP) is 4.89. The van der Waals surface area contributed by atoms with E-state index >= 15 is 0 Å². The standard InChI is InChI=1S/C22H21N3OS/c1-17-10-12-18(13-11-17)16-26-21-9-5-6-19(14-21)15-23-25-22(27)24-20-7-3-2-4-8-20/h2-15H,16H2,1H3,(H2,24,25,27). The lowest BCUT2D eigenvalue weighted by Gasteiger charge is -2.08. The molecular weight excluding hydrogens is 354 g/mol. The molecule has 0 bridgehead atoms. The van der Waals surface area contributed by atoms with Gasteiger partial charge < -0.3 is 10.1 Å². The zero-order chi connectivity index (χ0) is 18.9. The summed E-state index contributed by atoms with van der Waals surface area (Å²) in [6.07, 6.45) is 1.71. The normalized spacial score (nSPS) is 10.6. The van der Waals surface area contributed by atoms with E-state index in [4.69, 9.17) is 17.0 Å². The van der Waals surface area contributed by atoms with Gasteiger partial charge in [-0.15, -0.1) is 0 Å². The maximum atomic E-state index is 5.86. The Kier molecular flexibility index (Phi) is 6.55. The van der Waals surface area contributed by atoms with E-state index < -0.39 is 0 Å². The minimum Gasteiger partial charge on any atom is -0.489 e. The van der Waals surface area contributed by atoms with Gasteiger partial charge in [0.1, 0.15) is 12.4 Å². The smallest absolute Gasteiger partial charge is 0.191 e. The molecule has 0 fully saturated rings. The molecule has 3 aromatic rings. The van der Waals surface area contributed by atoms with Gasteiger partial charge in [-0.25, -0.2) is 0 Å². The number of anilines is 1. The molecule has 3 rings (SSSR count). The van der Waals surface area contributed by atoms with Crippen LogP contribution in [0.25, 0.3) is 0 Å². The first kappa shape index (κ1) is 18.6. The lowest BCUT2D eigenvalue weighted by Crippen LogP contribution is -2.23. The van der Waals surface area contributed by atoms with Crippen LogP contribution >= 0.6 is 12.2 Å². The van der Waals surface area contributed by atoms with Crippen molar-refractivity contribution in [3.8, 4) is 5.75 Å². The quantitative estimate of drug-likeness (QED) is 0.366. The lowest BCUT2D eigenvalue weighted by atomic mass is 10.2. The highest BCUT2D eigenvalue weighted by atomic mass is 32.1. The first-order valence-corrected chi connectivity index (χ1v) is 9.03. The van der Waals surface area contributed by atoms with Crippen molar-refractivity contribution in [2.75, 3.05) is 5.32 Å². The molecule has 0 radical (unpaired) electrons. The maximum absolute atomic E-state index is 5.86. The molecule has 0 aromatic heterocycles. The molecule has 2 N–H and O–H groups in total. The van der Waals surface area contributed by atoms with Gasteiger partial charge in [0.15, 0.2) is 5.11 Å². The number of thiocarbonyl (C=S) groups is 1. The summed E-state index contributed by atoms with van der Waals surface area (Å²) in [4.78, 5) is 0. The van der Waals surface area contributed by atoms with Gasteiger partial charge in [0.25, 0.3) is 0 Å². The molecule has 0 aliphatic heterocycles. The molecule has 0 unspecified atom stereocenters. The Morgan fingerprint density at radius 2 is 1.78 bits per heavy atom. The van der Waals surface area contributed by atoms with Crippen molar-refractivity contribution in [2.45, 2.75) is 13.5 Å². The molecular formula is C22H21N3OS. The van der Waals surface area contributed by atoms with E-state index in [0.717, 1.165) is 22.6 Å². The third-order valence-corrected chi connectivity index (χ3v) is 3.99. The Labute approximate surface area is 164 Å². The van der Waals surface area contributed by atoms with Gasteiger partial charge in [-0.3, -0.25) is 5.43 Å². The first-order valence-electron chi connectivity index (χ1n) is 8.62. The highest BCUT2D eigenvalue weighted by Crippen LogP contribution is 2.14. The van der Waals surface area contributed by atoms with Crippen molar-refractivity contribution in [1.82, 2.24) is 5.43 Å². The van der Waals surface area contributed by atoms with Crippen molar-refractivity contribution in [2.24, 2.45) is 5.10 Å². The second kappa shape index (κ2) is 9.50. The number of hydrogen-bond acceptors (Lipinski definition) is 3. The number of para-hydroxylation sites is 1. The molecule has 0 spiro atoms. The van der Waals surface area contributed by atoms with Crippen LogP contribution in [0.2, 0.25) is 0 Å². The minimum atomic E-state index is 0.434. The molecule has 27 heavy (non-hydrogen) atoms. The summed E-state index contributed by atoms with van der Waals surface area (Å²) in [5.74, 6) is 0.796. The van der Waals surface area contributed by atoms with Crippen molar-refractivity contribution in [1.29, 1.82) is 0 Å². The van der Waals surface area contributed by atoms with Gasteiger partial charge in [-0.1, -0.05) is 60.2 Å². The van der Waals surface area contributed by atoms with E-state index in [1.807, 2.05) is 54.6 Å². The van der Waals surface area contributed by atoms with Gasteiger partial charge >= 0.3 is 0 Å². The van der Waals surface area contributed by atoms with Crippen molar-refractivity contribution in [3.05, 3.63) is 95.6 Å². The number of hydrogen-bond donors (Lipinski definition) is 2. The largest absolute Gasteiger partial charge is 0.489 e. The molecule has 4 nitrogen and oxygen atoms in total. The highest BCUT2D eigenvalue weighted by Gasteiger charge is 1.98. The van der Waals surface area contributed by atoms with Gasteiger partial charge in [-0.05, 0) is 54.5 Å². The van der Waals surface area contributed by atoms with Crippen LogP contribution in [-0.4, -0.2) is 11.3 Å². The molecule has 5 heteroatoms. The number of benzene rings is 3. The molecule has 0 amide bonds. The molecule has 0 aliphatic carbocycles. The van der Waals surface area contributed by atoms with Crippen molar-refractivity contribution < 1.29 is 4.74 Å². The number of ether oxygens (including phenoxy) is 1. The van der Waals surface area contributed by atoms with E-state index in [9.17, 15) is 0 Å². The summed E-state index contributed by atoms with van der Waals surface area (Å²) in [5, 5.41) is 7.67. The fourth-order valence-electron chi connectivity index (χ4n) is 2.38. The van der Waals surface area contributed by atoms with Crippen LogP contribution < -0.4 is 15.5 Å². The molecule has 0 heterocycles. The van der Waals surface area contributed by atoms with Gasteiger partial charge in [0.05, 0.1) is 6.21 Å². The van der Waals surface area contributed by atoms with Gasteiger partial charge in [-0.2, -0.15) is 5.10 Å². The predicted molar refractivity (Wildman–Crippen MR) is 115 cm³/mol. The number of nitrogens with zero attached hydrogens (tertiary/aromatic N) is 1. The topological polar surface area (TPSA) is 45.6 Å². The van der Waals surface area contributed by atoms with Crippen LogP contribution in [0, 0.1) is 6.92 Å². The number of nitrogens with one attached hydrogen (secondary N) is 2. The fourth-order valence-corrected chi connectivity index (χ4v) is 2.55. The molecule has 0 saturated carbocycles. The SMILES string of the molecule is Cc1ccc(COc2cccc(C=NNC(=S)Nc3ccccc3)c2)cc1. The monoisotopic (exact) mass is 375 g/mol. The van der Waals surface area contributed by atoms with Crippen molar-refractivity contribution >= 4 is 29.2 Å². The number of hydrazone groups is 1. The summed E-state index contributed by atoms with van der Waals surface area (Å²) in [7, 11) is 0. The Morgan fingerprint density at radius 1 is 1.00 bits per heavy atom. The minimum absolute atomic E-state index is 0.434. The zero-order valence-electron chi connectivity index (χ0n) is 15.1. The van der Waals surface area contributed by atoms with E-state index in [-0.39, 0.29) is 0 Å². The van der Waals surface area contributed by atoms with Crippen LogP contribution in [0.3, 0.4) is 0 Å². The molecule has 3 aromatic carbocycles. The summed E-state index contributed by atoms with van der Waals surface area (Å²) < 4.78 is 5.86. The Balaban J connectivity index is 1.51. The summed E-state index contributed by atoms with van der Waals surface area (Å²) in [6.45, 7) is 2.60. The fraction of sp³-hybridized carbons (Fsp3) is 0.0909. The Hall–Kier alpha value is -3.18. The average molecular weight is 375 g/mol. The van der Waals surface area contributed by atoms with Crippen LogP contribution in [-0.2, 0) is 6.61 Å². The van der Waals surface area contributed by atoms with Crippen LogP contribution in [0.4, 0.5) is 5.69 Å². The summed E-state index contributed by atoms with van der Waals surface area (Å²) in [6, 6.07) is 25.8. The van der Waals surface area contributed by atoms with E-state index in [0.29, 0.717) is 11.7 Å². The maximum Gasteiger partial charge on any atom is 0.191 e. The Morgan fingerprint density at radius 3 is 2.56 bits per heavy atom. The summed E-state index contributed by atoms with van der Waals surface area (Å²) in [5.41, 5.74) is 7.02. The second-order valence-corrected chi connectivity index (χ2v) is 6.45. The zero-order valence-corrected chi connectivity index (χ0v) is 15.9. The van der Waals surface area contributed by atoms with E-state index in [1.165, 1.54) is 5.56 Å². The number of rotatable bonds is 6. The molecule has 136 valence electrons. The third-order valence-electron chi connectivity index (χ3n) is 3.80. The van der Waals surface area contributed by atoms with Crippen LogP contribution in [0.5, 0.6) is 5.75 Å². The van der Waals surface area contributed by atoms with Crippen LogP contribution in [0.1, 0.15) is 16.7 Å². The summed E-state index contributed by atoms with van der Waals surface area (Å²) >= 11 is 5.22. The number of aryl methyl sites for hydroxylation is 1. The second-order valence-electron chi connectivity index (χ2n) is 6.04. The molecule has 0 atom stereocenters. The molecule has 0 aliphatic rings.